The fourth-order valence-electron chi connectivity index (χ4n) is 3.90. The van der Waals surface area contributed by atoms with Crippen molar-refractivity contribution in [3.8, 4) is 11.5 Å². The molecule has 2 aromatic rings. The number of fused-ring (bicyclic) bond motifs is 1. The lowest BCUT2D eigenvalue weighted by molar-refractivity contribution is -0.117. The molecule has 0 aromatic heterocycles. The highest BCUT2D eigenvalue weighted by Gasteiger charge is 2.28. The molecule has 0 aliphatic carbocycles. The van der Waals surface area contributed by atoms with Crippen molar-refractivity contribution in [1.82, 2.24) is 4.90 Å². The Morgan fingerprint density at radius 1 is 1.18 bits per heavy atom. The van der Waals surface area contributed by atoms with Crippen LogP contribution in [0.3, 0.4) is 0 Å². The fourth-order valence-corrected chi connectivity index (χ4v) is 4.07. The first-order chi connectivity index (χ1) is 13.6. The number of carbonyl (C=O) groups excluding carboxylic acids is 1. The topological polar surface area (TPSA) is 50.8 Å². The zero-order valence-corrected chi connectivity index (χ0v) is 16.8. The number of nitrogens with one attached hydrogen (secondary N) is 1. The molecule has 5 nitrogen and oxygen atoms in total. The molecule has 2 aliphatic rings. The van der Waals surface area contributed by atoms with Crippen LogP contribution in [0.5, 0.6) is 11.5 Å². The smallest absolute Gasteiger partial charge is 0.238 e. The molecule has 6 heteroatoms. The number of nitrogens with zero attached hydrogens (tertiary/aromatic N) is 1. The summed E-state index contributed by atoms with van der Waals surface area (Å²) < 4.78 is 11.6. The summed E-state index contributed by atoms with van der Waals surface area (Å²) in [6.07, 6.45) is 2.99. The average molecular weight is 401 g/mol. The molecule has 0 spiro atoms. The molecule has 28 heavy (non-hydrogen) atoms. The van der Waals surface area contributed by atoms with E-state index in [2.05, 4.69) is 22.3 Å². The maximum Gasteiger partial charge on any atom is 0.238 e. The van der Waals surface area contributed by atoms with Gasteiger partial charge in [-0.2, -0.15) is 0 Å². The zero-order valence-electron chi connectivity index (χ0n) is 16.0. The number of anilines is 1. The Labute approximate surface area is 170 Å². The Kier molecular flexibility index (Phi) is 5.74. The Bertz CT molecular complexity index is 871. The van der Waals surface area contributed by atoms with Crippen LogP contribution in [0.25, 0.3) is 0 Å². The number of amides is 1. The summed E-state index contributed by atoms with van der Waals surface area (Å²) in [5, 5.41) is 3.65. The predicted molar refractivity (Wildman–Crippen MR) is 110 cm³/mol. The van der Waals surface area contributed by atoms with Crippen LogP contribution in [0.2, 0.25) is 5.02 Å². The molecule has 2 aromatic carbocycles. The van der Waals surface area contributed by atoms with Gasteiger partial charge >= 0.3 is 0 Å². The van der Waals surface area contributed by atoms with Crippen molar-refractivity contribution in [2.75, 3.05) is 31.6 Å². The number of halogens is 1. The standard InChI is InChI=1S/C22H25ClN2O3/c1-15-17(23)5-2-6-18(15)24-22(26)14-25-10-3-7-19(25)16-8-9-20-21(13-16)28-12-4-11-27-20/h2,5-6,8-9,13,19H,3-4,7,10-12,14H2,1H3,(H,24,26)/t19-/m0/s1. The van der Waals surface area contributed by atoms with Crippen LogP contribution in [0.1, 0.15) is 36.4 Å². The molecular weight excluding hydrogens is 376 g/mol. The highest BCUT2D eigenvalue weighted by atomic mass is 35.5. The van der Waals surface area contributed by atoms with Gasteiger partial charge in [0.25, 0.3) is 0 Å². The number of ether oxygens (including phenoxy) is 2. The molecule has 1 amide bonds. The minimum absolute atomic E-state index is 0.0217. The number of benzene rings is 2. The Morgan fingerprint density at radius 2 is 2.00 bits per heavy atom. The third-order valence-corrected chi connectivity index (χ3v) is 5.82. The molecule has 1 atom stereocenters. The highest BCUT2D eigenvalue weighted by Crippen LogP contribution is 2.37. The third kappa shape index (κ3) is 4.10. The maximum atomic E-state index is 12.6. The van der Waals surface area contributed by atoms with Gasteiger partial charge in [0.15, 0.2) is 11.5 Å². The molecule has 2 aliphatic heterocycles. The first-order valence-electron chi connectivity index (χ1n) is 9.80. The highest BCUT2D eigenvalue weighted by molar-refractivity contribution is 6.31. The van der Waals surface area contributed by atoms with Crippen LogP contribution in [0, 0.1) is 6.92 Å². The number of likely N-dealkylation sites (tertiary alicyclic amines) is 1. The first kappa shape index (κ1) is 19.1. The summed E-state index contributed by atoms with van der Waals surface area (Å²) in [5.74, 6) is 1.59. The maximum absolute atomic E-state index is 12.6. The van der Waals surface area contributed by atoms with Crippen LogP contribution < -0.4 is 14.8 Å². The molecule has 0 radical (unpaired) electrons. The van der Waals surface area contributed by atoms with E-state index in [1.54, 1.807) is 0 Å². The summed E-state index contributed by atoms with van der Waals surface area (Å²) in [7, 11) is 0. The van der Waals surface area contributed by atoms with E-state index in [0.717, 1.165) is 48.6 Å². The minimum Gasteiger partial charge on any atom is -0.490 e. The molecule has 4 rings (SSSR count). The lowest BCUT2D eigenvalue weighted by Crippen LogP contribution is -2.33. The molecule has 0 unspecified atom stereocenters. The van der Waals surface area contributed by atoms with E-state index in [1.165, 1.54) is 5.56 Å². The van der Waals surface area contributed by atoms with Crippen molar-refractivity contribution in [2.45, 2.75) is 32.2 Å². The molecule has 0 bridgehead atoms. The lowest BCUT2D eigenvalue weighted by Gasteiger charge is -2.25. The van der Waals surface area contributed by atoms with Crippen molar-refractivity contribution in [3.05, 3.63) is 52.5 Å². The summed E-state index contributed by atoms with van der Waals surface area (Å²) in [5.41, 5.74) is 2.83. The van der Waals surface area contributed by atoms with Crippen LogP contribution in [0.4, 0.5) is 5.69 Å². The van der Waals surface area contributed by atoms with Crippen LogP contribution in [-0.4, -0.2) is 37.1 Å². The fraction of sp³-hybridized carbons (Fsp3) is 0.409. The van der Waals surface area contributed by atoms with Crippen LogP contribution >= 0.6 is 11.6 Å². The van der Waals surface area contributed by atoms with Crippen molar-refractivity contribution in [2.24, 2.45) is 0 Å². The third-order valence-electron chi connectivity index (χ3n) is 5.41. The lowest BCUT2D eigenvalue weighted by atomic mass is 10.0. The van der Waals surface area contributed by atoms with E-state index in [0.29, 0.717) is 24.8 Å². The van der Waals surface area contributed by atoms with Gasteiger partial charge in [-0.1, -0.05) is 23.7 Å². The normalized spacial score (nSPS) is 19.3. The largest absolute Gasteiger partial charge is 0.490 e. The van der Waals surface area contributed by atoms with Gasteiger partial charge in [0, 0.05) is 23.2 Å². The number of hydrogen-bond acceptors (Lipinski definition) is 4. The van der Waals surface area contributed by atoms with Crippen LogP contribution in [-0.2, 0) is 4.79 Å². The molecule has 0 saturated carbocycles. The van der Waals surface area contributed by atoms with Crippen molar-refractivity contribution in [3.63, 3.8) is 0 Å². The monoisotopic (exact) mass is 400 g/mol. The molecule has 148 valence electrons. The SMILES string of the molecule is Cc1c(Cl)cccc1NC(=O)CN1CCC[C@H]1c1ccc2c(c1)OCCCO2. The number of hydrogen-bond donors (Lipinski definition) is 1. The van der Waals surface area contributed by atoms with Crippen molar-refractivity contribution in [1.29, 1.82) is 0 Å². The second kappa shape index (κ2) is 8.41. The van der Waals surface area contributed by atoms with E-state index in [4.69, 9.17) is 21.1 Å². The Hall–Kier alpha value is -2.24. The van der Waals surface area contributed by atoms with Gasteiger partial charge in [-0.25, -0.2) is 0 Å². The first-order valence-corrected chi connectivity index (χ1v) is 10.2. The average Bonchev–Trinajstić information content (AvgIpc) is 3.00. The molecule has 1 fully saturated rings. The van der Waals surface area contributed by atoms with Crippen LogP contribution in [0.15, 0.2) is 36.4 Å². The zero-order chi connectivity index (χ0) is 19.5. The molecule has 1 N–H and O–H groups in total. The van der Waals surface area contributed by atoms with Gasteiger partial charge in [0.05, 0.1) is 19.8 Å². The van der Waals surface area contributed by atoms with E-state index in [-0.39, 0.29) is 11.9 Å². The summed E-state index contributed by atoms with van der Waals surface area (Å²) in [6, 6.07) is 11.9. The second-order valence-corrected chi connectivity index (χ2v) is 7.75. The van der Waals surface area contributed by atoms with Crippen molar-refractivity contribution < 1.29 is 14.3 Å². The van der Waals surface area contributed by atoms with E-state index >= 15 is 0 Å². The predicted octanol–water partition coefficient (Wildman–Crippen LogP) is 4.59. The number of rotatable bonds is 4. The Balaban J connectivity index is 1.46. The summed E-state index contributed by atoms with van der Waals surface area (Å²) >= 11 is 6.16. The van der Waals surface area contributed by atoms with E-state index < -0.39 is 0 Å². The van der Waals surface area contributed by atoms with E-state index in [1.807, 2.05) is 31.2 Å². The summed E-state index contributed by atoms with van der Waals surface area (Å²) in [4.78, 5) is 14.9. The van der Waals surface area contributed by atoms with Crippen molar-refractivity contribution >= 4 is 23.2 Å². The van der Waals surface area contributed by atoms with Gasteiger partial charge in [-0.05, 0) is 61.7 Å². The van der Waals surface area contributed by atoms with Gasteiger partial charge in [-0.15, -0.1) is 0 Å². The Morgan fingerprint density at radius 3 is 2.86 bits per heavy atom. The van der Waals surface area contributed by atoms with Gasteiger partial charge < -0.3 is 14.8 Å². The quantitative estimate of drug-likeness (QED) is 0.815. The minimum atomic E-state index is -0.0217. The molecule has 2 heterocycles. The van der Waals surface area contributed by atoms with Gasteiger partial charge in [0.1, 0.15) is 0 Å². The second-order valence-electron chi connectivity index (χ2n) is 7.35. The number of carbonyl (C=O) groups is 1. The van der Waals surface area contributed by atoms with Gasteiger partial charge in [-0.3, -0.25) is 9.69 Å². The summed E-state index contributed by atoms with van der Waals surface area (Å²) in [6.45, 7) is 4.53. The van der Waals surface area contributed by atoms with Gasteiger partial charge in [0.2, 0.25) is 5.91 Å². The molecular formula is C22H25ClN2O3. The van der Waals surface area contributed by atoms with E-state index in [9.17, 15) is 4.79 Å². The molecule has 1 saturated heterocycles.